The maximum absolute atomic E-state index is 13.5. The summed E-state index contributed by atoms with van der Waals surface area (Å²) in [5.41, 5.74) is 0.599. The lowest BCUT2D eigenvalue weighted by molar-refractivity contribution is -0.138. The molecule has 0 aromatic heterocycles. The number of halogens is 2. The van der Waals surface area contributed by atoms with E-state index >= 15 is 0 Å². The Kier molecular flexibility index (Phi) is 10.2. The first-order valence-corrected chi connectivity index (χ1v) is 11.5. The second-order valence-electron chi connectivity index (χ2n) is 9.14. The number of nitrogens with one attached hydrogen (secondary N) is 2. The molecular formula is C24H38FIN4O2. The van der Waals surface area contributed by atoms with Gasteiger partial charge in [0, 0.05) is 45.8 Å². The molecule has 0 unspecified atom stereocenters. The SMILES string of the molecule is CCNC(=NCC1(C(=O)N(C)C)CCCC1)NCC1(c2ccc(F)cc2)CCOCC1.I. The van der Waals surface area contributed by atoms with Crippen molar-refractivity contribution in [3.8, 4) is 0 Å². The van der Waals surface area contributed by atoms with Gasteiger partial charge in [-0.1, -0.05) is 25.0 Å². The zero-order chi connectivity index (χ0) is 22.3. The monoisotopic (exact) mass is 560 g/mol. The molecule has 1 aromatic rings. The van der Waals surface area contributed by atoms with E-state index in [1.54, 1.807) is 4.90 Å². The van der Waals surface area contributed by atoms with Crippen LogP contribution in [0.3, 0.4) is 0 Å². The van der Waals surface area contributed by atoms with E-state index in [4.69, 9.17) is 9.73 Å². The lowest BCUT2D eigenvalue weighted by atomic mass is 9.74. The first-order chi connectivity index (χ1) is 14.9. The van der Waals surface area contributed by atoms with E-state index in [9.17, 15) is 9.18 Å². The molecule has 0 atom stereocenters. The second kappa shape index (κ2) is 12.2. The number of guanidine groups is 1. The van der Waals surface area contributed by atoms with Crippen molar-refractivity contribution in [3.05, 3.63) is 35.6 Å². The third-order valence-electron chi connectivity index (χ3n) is 6.81. The van der Waals surface area contributed by atoms with Crippen LogP contribution in [-0.2, 0) is 14.9 Å². The summed E-state index contributed by atoms with van der Waals surface area (Å²) in [6.07, 6.45) is 5.68. The summed E-state index contributed by atoms with van der Waals surface area (Å²) in [6.45, 7) is 5.33. The molecule has 2 fully saturated rings. The molecule has 1 aliphatic heterocycles. The number of rotatable bonds is 7. The summed E-state index contributed by atoms with van der Waals surface area (Å²) in [6, 6.07) is 6.83. The Balaban J connectivity index is 0.00000363. The number of aliphatic imine (C=N–C) groups is 1. The number of ether oxygens (including phenoxy) is 1. The number of nitrogens with zero attached hydrogens (tertiary/aromatic N) is 2. The van der Waals surface area contributed by atoms with Crippen LogP contribution in [0.2, 0.25) is 0 Å². The smallest absolute Gasteiger partial charge is 0.230 e. The summed E-state index contributed by atoms with van der Waals surface area (Å²) in [4.78, 5) is 19.4. The normalized spacial score (nSPS) is 19.7. The van der Waals surface area contributed by atoms with Crippen molar-refractivity contribution in [2.24, 2.45) is 10.4 Å². The van der Waals surface area contributed by atoms with Gasteiger partial charge in [0.05, 0.1) is 12.0 Å². The van der Waals surface area contributed by atoms with Crippen molar-refractivity contribution in [2.45, 2.75) is 50.9 Å². The highest BCUT2D eigenvalue weighted by atomic mass is 127. The fraction of sp³-hybridized carbons (Fsp3) is 0.667. The van der Waals surface area contributed by atoms with Gasteiger partial charge in [-0.3, -0.25) is 9.79 Å². The molecule has 1 aromatic carbocycles. The molecule has 1 aliphatic carbocycles. The average molecular weight is 560 g/mol. The van der Waals surface area contributed by atoms with Crippen LogP contribution in [0, 0.1) is 11.2 Å². The predicted octanol–water partition coefficient (Wildman–Crippen LogP) is 3.70. The Labute approximate surface area is 208 Å². The fourth-order valence-electron chi connectivity index (χ4n) is 4.92. The van der Waals surface area contributed by atoms with Crippen molar-refractivity contribution in [3.63, 3.8) is 0 Å². The van der Waals surface area contributed by atoms with Gasteiger partial charge < -0.3 is 20.3 Å². The van der Waals surface area contributed by atoms with E-state index in [1.807, 2.05) is 33.2 Å². The van der Waals surface area contributed by atoms with Crippen LogP contribution in [0.25, 0.3) is 0 Å². The molecule has 180 valence electrons. The first kappa shape index (κ1) is 26.8. The van der Waals surface area contributed by atoms with Crippen molar-refractivity contribution >= 4 is 35.8 Å². The highest BCUT2D eigenvalue weighted by Gasteiger charge is 2.42. The van der Waals surface area contributed by atoms with E-state index in [2.05, 4.69) is 10.6 Å². The number of carbonyl (C=O) groups excluding carboxylic acids is 1. The molecule has 1 saturated carbocycles. The molecule has 2 N–H and O–H groups in total. The second-order valence-corrected chi connectivity index (χ2v) is 9.14. The van der Waals surface area contributed by atoms with Crippen molar-refractivity contribution in [2.75, 3.05) is 46.9 Å². The lowest BCUT2D eigenvalue weighted by Gasteiger charge is -2.38. The molecule has 1 amide bonds. The number of amides is 1. The van der Waals surface area contributed by atoms with Crippen LogP contribution in [0.5, 0.6) is 0 Å². The molecule has 1 heterocycles. The van der Waals surface area contributed by atoms with E-state index < -0.39 is 0 Å². The van der Waals surface area contributed by atoms with Gasteiger partial charge in [0.1, 0.15) is 5.82 Å². The Bertz CT molecular complexity index is 758. The average Bonchev–Trinajstić information content (AvgIpc) is 3.26. The van der Waals surface area contributed by atoms with Gasteiger partial charge in [0.15, 0.2) is 5.96 Å². The zero-order valence-electron chi connectivity index (χ0n) is 19.6. The van der Waals surface area contributed by atoms with Gasteiger partial charge in [-0.05, 0) is 50.3 Å². The van der Waals surface area contributed by atoms with Crippen LogP contribution in [0.4, 0.5) is 4.39 Å². The summed E-state index contributed by atoms with van der Waals surface area (Å²) < 4.78 is 19.1. The molecule has 6 nitrogen and oxygen atoms in total. The molecular weight excluding hydrogens is 522 g/mol. The topological polar surface area (TPSA) is 66.0 Å². The molecule has 0 spiro atoms. The summed E-state index contributed by atoms with van der Waals surface area (Å²) >= 11 is 0. The number of carbonyl (C=O) groups is 1. The molecule has 2 aliphatic rings. The van der Waals surface area contributed by atoms with Gasteiger partial charge in [0.25, 0.3) is 0 Å². The summed E-state index contributed by atoms with van der Waals surface area (Å²) in [5.74, 6) is 0.686. The molecule has 32 heavy (non-hydrogen) atoms. The van der Waals surface area contributed by atoms with Crippen molar-refractivity contribution < 1.29 is 13.9 Å². The Morgan fingerprint density at radius 1 is 1.09 bits per heavy atom. The quantitative estimate of drug-likeness (QED) is 0.304. The summed E-state index contributed by atoms with van der Waals surface area (Å²) in [7, 11) is 3.65. The van der Waals surface area contributed by atoms with E-state index in [0.29, 0.717) is 26.3 Å². The van der Waals surface area contributed by atoms with Gasteiger partial charge in [-0.2, -0.15) is 0 Å². The zero-order valence-corrected chi connectivity index (χ0v) is 21.9. The minimum atomic E-state index is -0.390. The largest absolute Gasteiger partial charge is 0.381 e. The minimum Gasteiger partial charge on any atom is -0.381 e. The third-order valence-corrected chi connectivity index (χ3v) is 6.81. The van der Waals surface area contributed by atoms with Crippen LogP contribution in [0.1, 0.15) is 51.0 Å². The predicted molar refractivity (Wildman–Crippen MR) is 137 cm³/mol. The maximum Gasteiger partial charge on any atom is 0.230 e. The molecule has 0 bridgehead atoms. The van der Waals surface area contributed by atoms with Gasteiger partial charge in [-0.25, -0.2) is 4.39 Å². The molecule has 1 saturated heterocycles. The first-order valence-electron chi connectivity index (χ1n) is 11.5. The maximum atomic E-state index is 13.5. The van der Waals surface area contributed by atoms with Crippen LogP contribution in [-0.4, -0.2) is 63.7 Å². The van der Waals surface area contributed by atoms with Crippen LogP contribution >= 0.6 is 24.0 Å². The Morgan fingerprint density at radius 3 is 2.28 bits per heavy atom. The molecule has 8 heteroatoms. The third kappa shape index (κ3) is 6.34. The number of hydrogen-bond donors (Lipinski definition) is 2. The van der Waals surface area contributed by atoms with Gasteiger partial charge >= 0.3 is 0 Å². The number of hydrogen-bond acceptors (Lipinski definition) is 3. The van der Waals surface area contributed by atoms with Gasteiger partial charge in [0.2, 0.25) is 5.91 Å². The van der Waals surface area contributed by atoms with Crippen molar-refractivity contribution in [1.29, 1.82) is 0 Å². The fourth-order valence-corrected chi connectivity index (χ4v) is 4.92. The number of benzene rings is 1. The van der Waals surface area contributed by atoms with Gasteiger partial charge in [-0.15, -0.1) is 24.0 Å². The van der Waals surface area contributed by atoms with Crippen LogP contribution in [0.15, 0.2) is 29.3 Å². The molecule has 0 radical (unpaired) electrons. The highest BCUT2D eigenvalue weighted by molar-refractivity contribution is 14.0. The lowest BCUT2D eigenvalue weighted by Crippen LogP contribution is -2.48. The van der Waals surface area contributed by atoms with Crippen LogP contribution < -0.4 is 10.6 Å². The standard InChI is InChI=1S/C24H37FN4O2.HI/c1-4-26-22(28-18-24(11-5-6-12-24)21(30)29(2)3)27-17-23(13-15-31-16-14-23)19-7-9-20(25)10-8-19;/h7-10H,4-6,11-18H2,1-3H3,(H2,26,27,28);1H. The summed E-state index contributed by atoms with van der Waals surface area (Å²) in [5, 5.41) is 6.85. The molecule has 3 rings (SSSR count). The van der Waals surface area contributed by atoms with Crippen molar-refractivity contribution in [1.82, 2.24) is 15.5 Å². The van der Waals surface area contributed by atoms with E-state index in [-0.39, 0.29) is 46.5 Å². The Morgan fingerprint density at radius 2 is 1.72 bits per heavy atom. The Hall–Kier alpha value is -1.42. The minimum absolute atomic E-state index is 0. The van der Waals surface area contributed by atoms with E-state index in [1.165, 1.54) is 12.1 Å². The highest BCUT2D eigenvalue weighted by Crippen LogP contribution is 2.40. The van der Waals surface area contributed by atoms with E-state index in [0.717, 1.165) is 56.6 Å².